The summed E-state index contributed by atoms with van der Waals surface area (Å²) in [5, 5.41) is 28.8. The fourth-order valence-electron chi connectivity index (χ4n) is 2.12. The van der Waals surface area contributed by atoms with E-state index in [9.17, 15) is 15.3 Å². The molecule has 1 aromatic carbocycles. The van der Waals surface area contributed by atoms with Crippen LogP contribution in [0, 0.1) is 0 Å². The van der Waals surface area contributed by atoms with Gasteiger partial charge >= 0.3 is 0 Å². The molecule has 3 N–H and O–H groups in total. The summed E-state index contributed by atoms with van der Waals surface area (Å²) in [6.07, 6.45) is -1.25. The van der Waals surface area contributed by atoms with Gasteiger partial charge in [-0.25, -0.2) is 0 Å². The fraction of sp³-hybridized carbons (Fsp3) is 0.429. The van der Waals surface area contributed by atoms with Crippen LogP contribution in [0.15, 0.2) is 30.8 Å². The first kappa shape index (κ1) is 13.2. The molecule has 18 heavy (non-hydrogen) atoms. The Morgan fingerprint density at radius 1 is 1.22 bits per heavy atom. The van der Waals surface area contributed by atoms with Crippen LogP contribution in [-0.2, 0) is 11.2 Å². The van der Waals surface area contributed by atoms with Crippen molar-refractivity contribution in [2.45, 2.75) is 37.4 Å². The van der Waals surface area contributed by atoms with E-state index in [4.69, 9.17) is 4.74 Å². The number of hydrogen-bond acceptors (Lipinski definition) is 4. The van der Waals surface area contributed by atoms with Crippen molar-refractivity contribution in [1.29, 1.82) is 0 Å². The van der Waals surface area contributed by atoms with Gasteiger partial charge in [-0.3, -0.25) is 0 Å². The molecule has 0 aromatic heterocycles. The van der Waals surface area contributed by atoms with E-state index in [1.54, 1.807) is 6.08 Å². The molecule has 0 bridgehead atoms. The Kier molecular flexibility index (Phi) is 4.14. The SMILES string of the molecule is C=Cc1ccc(CC2O[C@H](O)CC(O)[C@@H]2O)cc1. The van der Waals surface area contributed by atoms with Crippen LogP contribution in [0.25, 0.3) is 6.08 Å². The van der Waals surface area contributed by atoms with Gasteiger partial charge in [-0.15, -0.1) is 0 Å². The zero-order chi connectivity index (χ0) is 13.1. The molecule has 2 unspecified atom stereocenters. The van der Waals surface area contributed by atoms with E-state index in [-0.39, 0.29) is 6.42 Å². The third-order valence-electron chi connectivity index (χ3n) is 3.20. The summed E-state index contributed by atoms with van der Waals surface area (Å²) in [4.78, 5) is 0. The molecule has 0 amide bonds. The molecule has 2 rings (SSSR count). The summed E-state index contributed by atoms with van der Waals surface area (Å²) >= 11 is 0. The van der Waals surface area contributed by atoms with Crippen molar-refractivity contribution >= 4 is 6.08 Å². The molecule has 0 aliphatic carbocycles. The number of aliphatic hydroxyl groups excluding tert-OH is 3. The van der Waals surface area contributed by atoms with E-state index in [1.165, 1.54) is 0 Å². The van der Waals surface area contributed by atoms with Gasteiger partial charge in [-0.05, 0) is 11.1 Å². The maximum absolute atomic E-state index is 9.82. The van der Waals surface area contributed by atoms with E-state index < -0.39 is 24.6 Å². The average molecular weight is 250 g/mol. The van der Waals surface area contributed by atoms with Crippen molar-refractivity contribution in [2.75, 3.05) is 0 Å². The van der Waals surface area contributed by atoms with Gasteiger partial charge in [0.2, 0.25) is 0 Å². The quantitative estimate of drug-likeness (QED) is 0.738. The Balaban J connectivity index is 2.04. The van der Waals surface area contributed by atoms with E-state index in [0.717, 1.165) is 11.1 Å². The molecule has 0 saturated carbocycles. The van der Waals surface area contributed by atoms with Crippen LogP contribution in [0.2, 0.25) is 0 Å². The normalized spacial score (nSPS) is 32.2. The number of benzene rings is 1. The summed E-state index contributed by atoms with van der Waals surface area (Å²) < 4.78 is 5.25. The summed E-state index contributed by atoms with van der Waals surface area (Å²) in [5.41, 5.74) is 2.00. The van der Waals surface area contributed by atoms with Gasteiger partial charge in [-0.2, -0.15) is 0 Å². The second kappa shape index (κ2) is 5.63. The Labute approximate surface area is 106 Å². The van der Waals surface area contributed by atoms with Crippen molar-refractivity contribution < 1.29 is 20.1 Å². The predicted octanol–water partition coefficient (Wildman–Crippen LogP) is 0.701. The minimum absolute atomic E-state index is 0.0487. The summed E-state index contributed by atoms with van der Waals surface area (Å²) in [6.45, 7) is 3.68. The van der Waals surface area contributed by atoms with Gasteiger partial charge in [0.1, 0.15) is 6.10 Å². The van der Waals surface area contributed by atoms with E-state index >= 15 is 0 Å². The van der Waals surface area contributed by atoms with Crippen LogP contribution in [0.3, 0.4) is 0 Å². The highest BCUT2D eigenvalue weighted by Gasteiger charge is 2.35. The zero-order valence-electron chi connectivity index (χ0n) is 10.1. The number of aliphatic hydroxyl groups is 3. The van der Waals surface area contributed by atoms with Crippen LogP contribution in [-0.4, -0.2) is 39.9 Å². The minimum Gasteiger partial charge on any atom is -0.390 e. The lowest BCUT2D eigenvalue weighted by molar-refractivity contribution is -0.231. The molecule has 4 heteroatoms. The summed E-state index contributed by atoms with van der Waals surface area (Å²) in [6, 6.07) is 7.68. The Morgan fingerprint density at radius 2 is 1.89 bits per heavy atom. The van der Waals surface area contributed by atoms with Crippen LogP contribution < -0.4 is 0 Å². The highest BCUT2D eigenvalue weighted by molar-refractivity contribution is 5.47. The Bertz CT molecular complexity index is 401. The molecular formula is C14H18O4. The Morgan fingerprint density at radius 3 is 2.50 bits per heavy atom. The molecule has 0 spiro atoms. The number of ether oxygens (including phenoxy) is 1. The first-order valence-corrected chi connectivity index (χ1v) is 6.01. The molecule has 1 fully saturated rings. The highest BCUT2D eigenvalue weighted by Crippen LogP contribution is 2.22. The van der Waals surface area contributed by atoms with E-state index in [1.807, 2.05) is 24.3 Å². The maximum atomic E-state index is 9.82. The molecule has 1 heterocycles. The first-order chi connectivity index (χ1) is 8.60. The lowest BCUT2D eigenvalue weighted by Crippen LogP contribution is -2.49. The number of hydrogen-bond donors (Lipinski definition) is 3. The lowest BCUT2D eigenvalue weighted by atomic mass is 9.95. The third kappa shape index (κ3) is 2.97. The van der Waals surface area contributed by atoms with Gasteiger partial charge in [0.05, 0.1) is 12.2 Å². The van der Waals surface area contributed by atoms with Crippen molar-refractivity contribution in [3.05, 3.63) is 42.0 Å². The van der Waals surface area contributed by atoms with Gasteiger partial charge in [0.15, 0.2) is 6.29 Å². The summed E-state index contributed by atoms with van der Waals surface area (Å²) in [5.74, 6) is 0. The van der Waals surface area contributed by atoms with Gasteiger partial charge < -0.3 is 20.1 Å². The molecule has 4 nitrogen and oxygen atoms in total. The lowest BCUT2D eigenvalue weighted by Gasteiger charge is -2.35. The monoisotopic (exact) mass is 250 g/mol. The molecule has 1 aliphatic rings. The predicted molar refractivity (Wildman–Crippen MR) is 67.7 cm³/mol. The van der Waals surface area contributed by atoms with Gasteiger partial charge in [0.25, 0.3) is 0 Å². The highest BCUT2D eigenvalue weighted by atomic mass is 16.6. The van der Waals surface area contributed by atoms with Gasteiger partial charge in [0, 0.05) is 12.8 Å². The molecule has 0 radical (unpaired) electrons. The van der Waals surface area contributed by atoms with Crippen LogP contribution in [0.1, 0.15) is 17.5 Å². The molecule has 1 aliphatic heterocycles. The standard InChI is InChI=1S/C14H18O4/c1-2-9-3-5-10(6-4-9)7-12-14(17)11(15)8-13(16)18-12/h2-6,11-17H,1,7-8H2/t11?,12?,13-,14-/m0/s1. The first-order valence-electron chi connectivity index (χ1n) is 6.01. The van der Waals surface area contributed by atoms with E-state index in [2.05, 4.69) is 6.58 Å². The molecular weight excluding hydrogens is 232 g/mol. The molecule has 98 valence electrons. The second-order valence-corrected chi connectivity index (χ2v) is 4.57. The maximum Gasteiger partial charge on any atom is 0.157 e. The number of rotatable bonds is 3. The van der Waals surface area contributed by atoms with Crippen LogP contribution in [0.4, 0.5) is 0 Å². The summed E-state index contributed by atoms with van der Waals surface area (Å²) in [7, 11) is 0. The largest absolute Gasteiger partial charge is 0.390 e. The van der Waals surface area contributed by atoms with Crippen LogP contribution >= 0.6 is 0 Å². The molecule has 1 aromatic rings. The van der Waals surface area contributed by atoms with Gasteiger partial charge in [-0.1, -0.05) is 36.9 Å². The Hall–Kier alpha value is -1.20. The fourth-order valence-corrected chi connectivity index (χ4v) is 2.12. The zero-order valence-corrected chi connectivity index (χ0v) is 10.1. The minimum atomic E-state index is -1.01. The van der Waals surface area contributed by atoms with Crippen LogP contribution in [0.5, 0.6) is 0 Å². The molecule has 4 atom stereocenters. The topological polar surface area (TPSA) is 69.9 Å². The average Bonchev–Trinajstić information content (AvgIpc) is 2.36. The van der Waals surface area contributed by atoms with Crippen molar-refractivity contribution in [1.82, 2.24) is 0 Å². The van der Waals surface area contributed by atoms with Crippen molar-refractivity contribution in [2.24, 2.45) is 0 Å². The van der Waals surface area contributed by atoms with E-state index in [0.29, 0.717) is 6.42 Å². The molecule has 1 saturated heterocycles. The van der Waals surface area contributed by atoms with Crippen molar-refractivity contribution in [3.8, 4) is 0 Å². The second-order valence-electron chi connectivity index (χ2n) is 4.57. The third-order valence-corrected chi connectivity index (χ3v) is 3.20. The van der Waals surface area contributed by atoms with Crippen molar-refractivity contribution in [3.63, 3.8) is 0 Å². The smallest absolute Gasteiger partial charge is 0.157 e.